The van der Waals surface area contributed by atoms with Gasteiger partial charge in [-0.1, -0.05) is 60.7 Å². The Morgan fingerprint density at radius 1 is 0.600 bits per heavy atom. The predicted octanol–water partition coefficient (Wildman–Crippen LogP) is 2.49. The van der Waals surface area contributed by atoms with Gasteiger partial charge in [-0.3, -0.25) is 9.80 Å². The average Bonchev–Trinajstić information content (AvgIpc) is 2.85. The van der Waals surface area contributed by atoms with Gasteiger partial charge in [0.15, 0.2) is 11.1 Å². The number of ether oxygens (including phenoxy) is 2. The van der Waals surface area contributed by atoms with E-state index < -0.39 is 11.1 Å². The molecule has 2 saturated heterocycles. The normalized spacial score (nSPS) is 22.2. The Hall–Kier alpha value is -2.74. The van der Waals surface area contributed by atoms with E-state index in [1.54, 1.807) is 0 Å². The van der Waals surface area contributed by atoms with E-state index in [-0.39, 0.29) is 0 Å². The molecule has 30 heavy (non-hydrogen) atoms. The fraction of sp³-hybridized carbons (Fsp3) is 0.417. The van der Waals surface area contributed by atoms with Gasteiger partial charge in [0.2, 0.25) is 0 Å². The number of benzene rings is 2. The van der Waals surface area contributed by atoms with E-state index in [4.69, 9.17) is 9.47 Å². The van der Waals surface area contributed by atoms with Crippen LogP contribution in [-0.2, 0) is 20.6 Å². The van der Waals surface area contributed by atoms with Crippen LogP contribution >= 0.6 is 0 Å². The summed E-state index contributed by atoms with van der Waals surface area (Å²) in [4.78, 5) is 4.27. The largest absolute Gasteiger partial charge is 0.379 e. The fourth-order valence-corrected chi connectivity index (χ4v) is 4.83. The van der Waals surface area contributed by atoms with Gasteiger partial charge >= 0.3 is 0 Å². The van der Waals surface area contributed by atoms with E-state index >= 15 is 0 Å². The standard InChI is InChI=1S/C24H26N4O2/c25-19-23(21-7-3-1-4-8-21,27-11-15-29-16-12-27)24(20-26,22-9-5-2-6-10-22)28-13-17-30-18-14-28/h1-10H,11-18H2. The van der Waals surface area contributed by atoms with E-state index in [2.05, 4.69) is 21.9 Å². The maximum Gasteiger partial charge on any atom is 0.171 e. The van der Waals surface area contributed by atoms with E-state index in [0.717, 1.165) is 11.1 Å². The highest BCUT2D eigenvalue weighted by Crippen LogP contribution is 2.49. The third kappa shape index (κ3) is 3.19. The van der Waals surface area contributed by atoms with Gasteiger partial charge in [0.1, 0.15) is 0 Å². The zero-order valence-corrected chi connectivity index (χ0v) is 17.0. The second kappa shape index (κ2) is 8.95. The van der Waals surface area contributed by atoms with Crippen molar-refractivity contribution in [2.45, 2.75) is 11.1 Å². The van der Waals surface area contributed by atoms with Crippen molar-refractivity contribution in [3.8, 4) is 12.1 Å². The molecule has 2 fully saturated rings. The van der Waals surface area contributed by atoms with E-state index in [1.165, 1.54) is 0 Å². The van der Waals surface area contributed by atoms with Crippen molar-refractivity contribution in [1.29, 1.82) is 10.5 Å². The molecule has 2 unspecified atom stereocenters. The summed E-state index contributed by atoms with van der Waals surface area (Å²) in [6, 6.07) is 24.8. The molecular weight excluding hydrogens is 376 g/mol. The van der Waals surface area contributed by atoms with Gasteiger partial charge in [-0.05, 0) is 11.1 Å². The van der Waals surface area contributed by atoms with Gasteiger partial charge in [0.05, 0.1) is 38.6 Å². The smallest absolute Gasteiger partial charge is 0.171 e. The minimum absolute atomic E-state index is 0.537. The Morgan fingerprint density at radius 2 is 0.933 bits per heavy atom. The van der Waals surface area contributed by atoms with Gasteiger partial charge in [-0.15, -0.1) is 0 Å². The lowest BCUT2D eigenvalue weighted by Crippen LogP contribution is -2.68. The Bertz CT molecular complexity index is 834. The number of rotatable bonds is 5. The van der Waals surface area contributed by atoms with Crippen LogP contribution in [0.3, 0.4) is 0 Å². The second-order valence-electron chi connectivity index (χ2n) is 7.58. The van der Waals surface area contributed by atoms with Crippen molar-refractivity contribution in [1.82, 2.24) is 9.80 Å². The van der Waals surface area contributed by atoms with Crippen LogP contribution in [0.15, 0.2) is 60.7 Å². The zero-order valence-electron chi connectivity index (χ0n) is 17.0. The van der Waals surface area contributed by atoms with Crippen molar-refractivity contribution in [3.63, 3.8) is 0 Å². The Kier molecular flexibility index (Phi) is 6.13. The van der Waals surface area contributed by atoms with Crippen molar-refractivity contribution in [2.24, 2.45) is 0 Å². The van der Waals surface area contributed by atoms with Crippen LogP contribution in [-0.4, -0.2) is 62.4 Å². The molecule has 0 N–H and O–H groups in total. The summed E-state index contributed by atoms with van der Waals surface area (Å²) >= 11 is 0. The van der Waals surface area contributed by atoms with Crippen LogP contribution in [0, 0.1) is 22.7 Å². The molecule has 4 rings (SSSR count). The molecule has 6 nitrogen and oxygen atoms in total. The lowest BCUT2D eigenvalue weighted by Gasteiger charge is -2.54. The predicted molar refractivity (Wildman–Crippen MR) is 112 cm³/mol. The first kappa shape index (κ1) is 20.5. The number of hydrogen-bond donors (Lipinski definition) is 0. The van der Waals surface area contributed by atoms with E-state index in [9.17, 15) is 10.5 Å². The highest BCUT2D eigenvalue weighted by Gasteiger charge is 2.62. The Morgan fingerprint density at radius 3 is 1.23 bits per heavy atom. The van der Waals surface area contributed by atoms with Crippen molar-refractivity contribution in [3.05, 3.63) is 71.8 Å². The third-order valence-corrected chi connectivity index (χ3v) is 6.20. The molecule has 2 heterocycles. The molecule has 2 aromatic rings. The summed E-state index contributed by atoms with van der Waals surface area (Å²) in [5.41, 5.74) is -0.755. The maximum absolute atomic E-state index is 10.9. The van der Waals surface area contributed by atoms with Gasteiger partial charge in [0.25, 0.3) is 0 Å². The molecule has 0 bridgehead atoms. The molecule has 154 valence electrons. The summed E-state index contributed by atoms with van der Waals surface area (Å²) in [6.45, 7) is 4.49. The van der Waals surface area contributed by atoms with Crippen molar-refractivity contribution in [2.75, 3.05) is 52.6 Å². The highest BCUT2D eigenvalue weighted by molar-refractivity contribution is 5.48. The summed E-state index contributed by atoms with van der Waals surface area (Å²) in [5.74, 6) is 0. The summed E-state index contributed by atoms with van der Waals surface area (Å²) in [6.07, 6.45) is 0. The van der Waals surface area contributed by atoms with Gasteiger partial charge in [0, 0.05) is 26.2 Å². The highest BCUT2D eigenvalue weighted by atomic mass is 16.5. The third-order valence-electron chi connectivity index (χ3n) is 6.20. The molecule has 0 amide bonds. The van der Waals surface area contributed by atoms with Crippen molar-refractivity contribution >= 4 is 0 Å². The number of morpholine rings is 2. The number of hydrogen-bond acceptors (Lipinski definition) is 6. The quantitative estimate of drug-likeness (QED) is 0.765. The Labute approximate surface area is 177 Å². The van der Waals surface area contributed by atoms with Crippen LogP contribution in [0.2, 0.25) is 0 Å². The topological polar surface area (TPSA) is 72.5 Å². The molecule has 0 radical (unpaired) electrons. The first-order valence-corrected chi connectivity index (χ1v) is 10.4. The molecule has 0 spiro atoms. The van der Waals surface area contributed by atoms with E-state index in [1.807, 2.05) is 60.7 Å². The molecule has 0 aliphatic carbocycles. The minimum Gasteiger partial charge on any atom is -0.379 e. The number of nitriles is 2. The van der Waals surface area contributed by atoms with E-state index in [0.29, 0.717) is 52.6 Å². The van der Waals surface area contributed by atoms with Gasteiger partial charge in [-0.2, -0.15) is 10.5 Å². The molecule has 2 aromatic carbocycles. The average molecular weight is 402 g/mol. The zero-order chi connectivity index (χ0) is 20.9. The summed E-state index contributed by atoms with van der Waals surface area (Å²) < 4.78 is 11.2. The van der Waals surface area contributed by atoms with Gasteiger partial charge < -0.3 is 9.47 Å². The van der Waals surface area contributed by atoms with Gasteiger partial charge in [-0.25, -0.2) is 0 Å². The van der Waals surface area contributed by atoms with Crippen LogP contribution < -0.4 is 0 Å². The molecule has 0 aromatic heterocycles. The number of nitrogens with zero attached hydrogens (tertiary/aromatic N) is 4. The molecule has 2 aliphatic rings. The van der Waals surface area contributed by atoms with Crippen molar-refractivity contribution < 1.29 is 9.47 Å². The first-order valence-electron chi connectivity index (χ1n) is 10.4. The molecule has 6 heteroatoms. The molecule has 0 saturated carbocycles. The molecular formula is C24H26N4O2. The monoisotopic (exact) mass is 402 g/mol. The van der Waals surface area contributed by atoms with Crippen LogP contribution in [0.25, 0.3) is 0 Å². The maximum atomic E-state index is 10.9. The minimum atomic E-state index is -1.20. The lowest BCUT2D eigenvalue weighted by atomic mass is 9.67. The molecule has 2 aliphatic heterocycles. The molecule has 2 atom stereocenters. The summed E-state index contributed by atoms with van der Waals surface area (Å²) in [7, 11) is 0. The SMILES string of the molecule is N#CC(c1ccccc1)(N1CCOCC1)C(C#N)(c1ccccc1)N1CCOCC1. The second-order valence-corrected chi connectivity index (χ2v) is 7.58. The fourth-order valence-electron chi connectivity index (χ4n) is 4.83. The lowest BCUT2D eigenvalue weighted by molar-refractivity contribution is -0.0906. The van der Waals surface area contributed by atoms with Crippen LogP contribution in [0.1, 0.15) is 11.1 Å². The van der Waals surface area contributed by atoms with Crippen LogP contribution in [0.5, 0.6) is 0 Å². The Balaban J connectivity index is 2.03. The van der Waals surface area contributed by atoms with Crippen LogP contribution in [0.4, 0.5) is 0 Å². The first-order chi connectivity index (χ1) is 14.8. The summed E-state index contributed by atoms with van der Waals surface area (Å²) in [5, 5.41) is 21.8.